The Hall–Kier alpha value is -1.87. The lowest BCUT2D eigenvalue weighted by molar-refractivity contribution is -0.153. The minimum absolute atomic E-state index is 0.149. The van der Waals surface area contributed by atoms with Crippen LogP contribution in [0.2, 0.25) is 0 Å². The Balaban J connectivity index is 3.38. The average Bonchev–Trinajstić information content (AvgIpc) is 2.26. The van der Waals surface area contributed by atoms with Crippen molar-refractivity contribution in [2.24, 2.45) is 0 Å². The van der Waals surface area contributed by atoms with Gasteiger partial charge in [0.25, 0.3) is 0 Å². The van der Waals surface area contributed by atoms with Crippen LogP contribution in [0.5, 0.6) is 0 Å². The highest BCUT2D eigenvalue weighted by Crippen LogP contribution is 2.33. The Kier molecular flexibility index (Phi) is 4.01. The number of esters is 1. The van der Waals surface area contributed by atoms with Crippen LogP contribution in [0.3, 0.4) is 0 Å². The SMILES string of the molecule is CCOC(=O)c1cnc(C(F)(F)F)nc1C(F)(F)F. The Bertz CT molecular complexity index is 483. The third-order valence-corrected chi connectivity index (χ3v) is 1.81. The van der Waals surface area contributed by atoms with E-state index in [1.54, 1.807) is 0 Å². The summed E-state index contributed by atoms with van der Waals surface area (Å²) in [5.74, 6) is -3.42. The van der Waals surface area contributed by atoms with Gasteiger partial charge >= 0.3 is 18.3 Å². The van der Waals surface area contributed by atoms with Crippen molar-refractivity contribution in [3.05, 3.63) is 23.3 Å². The summed E-state index contributed by atoms with van der Waals surface area (Å²) >= 11 is 0. The summed E-state index contributed by atoms with van der Waals surface area (Å²) in [6.07, 6.45) is -10.2. The molecule has 4 nitrogen and oxygen atoms in total. The average molecular weight is 288 g/mol. The molecule has 19 heavy (non-hydrogen) atoms. The second-order valence-corrected chi connectivity index (χ2v) is 3.17. The number of aromatic nitrogens is 2. The molecule has 0 aliphatic rings. The van der Waals surface area contributed by atoms with Crippen molar-refractivity contribution in [2.75, 3.05) is 6.61 Å². The van der Waals surface area contributed by atoms with Gasteiger partial charge in [0.05, 0.1) is 6.61 Å². The molecule has 1 heterocycles. The molecule has 0 N–H and O–H groups in total. The summed E-state index contributed by atoms with van der Waals surface area (Å²) < 4.78 is 78.6. The molecule has 1 aromatic rings. The van der Waals surface area contributed by atoms with Crippen molar-refractivity contribution in [1.29, 1.82) is 0 Å². The number of ether oxygens (including phenoxy) is 1. The zero-order valence-electron chi connectivity index (χ0n) is 9.26. The molecule has 1 aromatic heterocycles. The first kappa shape index (κ1) is 15.2. The van der Waals surface area contributed by atoms with Crippen LogP contribution < -0.4 is 0 Å². The van der Waals surface area contributed by atoms with Gasteiger partial charge in [0.1, 0.15) is 5.56 Å². The minimum Gasteiger partial charge on any atom is -0.462 e. The fourth-order valence-corrected chi connectivity index (χ4v) is 1.09. The highest BCUT2D eigenvalue weighted by atomic mass is 19.4. The van der Waals surface area contributed by atoms with E-state index in [9.17, 15) is 31.1 Å². The fourth-order valence-electron chi connectivity index (χ4n) is 1.09. The topological polar surface area (TPSA) is 52.1 Å². The van der Waals surface area contributed by atoms with Crippen LogP contribution in [-0.4, -0.2) is 22.5 Å². The van der Waals surface area contributed by atoms with E-state index >= 15 is 0 Å². The van der Waals surface area contributed by atoms with E-state index in [1.807, 2.05) is 0 Å². The molecule has 106 valence electrons. The van der Waals surface area contributed by atoms with Crippen molar-refractivity contribution in [1.82, 2.24) is 9.97 Å². The van der Waals surface area contributed by atoms with Crippen LogP contribution in [-0.2, 0) is 17.1 Å². The molecule has 0 saturated carbocycles. The second kappa shape index (κ2) is 5.02. The van der Waals surface area contributed by atoms with Gasteiger partial charge in [-0.2, -0.15) is 26.3 Å². The number of nitrogens with zero attached hydrogens (tertiary/aromatic N) is 2. The number of carbonyl (C=O) groups is 1. The monoisotopic (exact) mass is 288 g/mol. The number of hydrogen-bond acceptors (Lipinski definition) is 4. The van der Waals surface area contributed by atoms with E-state index in [1.165, 1.54) is 6.92 Å². The lowest BCUT2D eigenvalue weighted by atomic mass is 10.2. The molecule has 0 amide bonds. The normalized spacial score (nSPS) is 12.4. The summed E-state index contributed by atoms with van der Waals surface area (Å²) in [7, 11) is 0. The third-order valence-electron chi connectivity index (χ3n) is 1.81. The first-order valence-corrected chi connectivity index (χ1v) is 4.76. The molecule has 0 atom stereocenters. The largest absolute Gasteiger partial charge is 0.462 e. The van der Waals surface area contributed by atoms with Gasteiger partial charge in [-0.05, 0) is 6.92 Å². The first-order valence-electron chi connectivity index (χ1n) is 4.76. The van der Waals surface area contributed by atoms with Gasteiger partial charge in [0.15, 0.2) is 5.69 Å². The number of carbonyl (C=O) groups excluding carboxylic acids is 1. The van der Waals surface area contributed by atoms with Crippen LogP contribution in [0.25, 0.3) is 0 Å². The second-order valence-electron chi connectivity index (χ2n) is 3.17. The molecule has 0 aromatic carbocycles. The van der Waals surface area contributed by atoms with Crippen molar-refractivity contribution in [3.8, 4) is 0 Å². The zero-order chi connectivity index (χ0) is 14.8. The Morgan fingerprint density at radius 1 is 1.21 bits per heavy atom. The van der Waals surface area contributed by atoms with Gasteiger partial charge in [-0.15, -0.1) is 0 Å². The van der Waals surface area contributed by atoms with E-state index in [-0.39, 0.29) is 12.8 Å². The van der Waals surface area contributed by atoms with E-state index in [2.05, 4.69) is 14.7 Å². The lowest BCUT2D eigenvalue weighted by Gasteiger charge is -2.12. The summed E-state index contributed by atoms with van der Waals surface area (Å²) in [6, 6.07) is 0. The molecule has 0 spiro atoms. The summed E-state index contributed by atoms with van der Waals surface area (Å²) in [5.41, 5.74) is -3.14. The molecule has 0 fully saturated rings. The van der Waals surface area contributed by atoms with Crippen LogP contribution in [0, 0.1) is 0 Å². The van der Waals surface area contributed by atoms with Crippen LogP contribution in [0.15, 0.2) is 6.20 Å². The van der Waals surface area contributed by atoms with Gasteiger partial charge in [0.2, 0.25) is 5.82 Å². The van der Waals surface area contributed by atoms with Crippen molar-refractivity contribution in [3.63, 3.8) is 0 Å². The quantitative estimate of drug-likeness (QED) is 0.620. The number of alkyl halides is 6. The van der Waals surface area contributed by atoms with E-state index in [4.69, 9.17) is 0 Å². The summed E-state index contributed by atoms with van der Waals surface area (Å²) in [6.45, 7) is 1.09. The highest BCUT2D eigenvalue weighted by molar-refractivity contribution is 5.90. The molecule has 0 radical (unpaired) electrons. The third kappa shape index (κ3) is 3.55. The summed E-state index contributed by atoms with van der Waals surface area (Å²) in [4.78, 5) is 16.2. The zero-order valence-corrected chi connectivity index (χ0v) is 9.26. The molecule has 0 saturated heterocycles. The lowest BCUT2D eigenvalue weighted by Crippen LogP contribution is -2.22. The minimum atomic E-state index is -5.23. The van der Waals surface area contributed by atoms with E-state index in [0.29, 0.717) is 0 Å². The fraction of sp³-hybridized carbons (Fsp3) is 0.444. The Morgan fingerprint density at radius 2 is 1.79 bits per heavy atom. The molecule has 10 heteroatoms. The molecule has 0 bridgehead atoms. The van der Waals surface area contributed by atoms with Crippen molar-refractivity contribution >= 4 is 5.97 Å². The van der Waals surface area contributed by atoms with Gasteiger partial charge in [0, 0.05) is 6.20 Å². The van der Waals surface area contributed by atoms with Crippen LogP contribution >= 0.6 is 0 Å². The predicted octanol–water partition coefficient (Wildman–Crippen LogP) is 2.69. The number of rotatable bonds is 2. The van der Waals surface area contributed by atoms with E-state index in [0.717, 1.165) is 0 Å². The standard InChI is InChI=1S/C9H6F6N2O2/c1-2-19-6(18)4-3-16-7(9(13,14)15)17-5(4)8(10,11)12/h3H,2H2,1H3. The highest BCUT2D eigenvalue weighted by Gasteiger charge is 2.42. The van der Waals surface area contributed by atoms with Gasteiger partial charge in [-0.25, -0.2) is 14.8 Å². The smallest absolute Gasteiger partial charge is 0.451 e. The van der Waals surface area contributed by atoms with Gasteiger partial charge in [-0.3, -0.25) is 0 Å². The number of halogens is 6. The Morgan fingerprint density at radius 3 is 2.21 bits per heavy atom. The van der Waals surface area contributed by atoms with Crippen molar-refractivity contribution < 1.29 is 35.9 Å². The predicted molar refractivity (Wildman–Crippen MR) is 48.0 cm³/mol. The molecule has 1 rings (SSSR count). The molecule has 0 aliphatic heterocycles. The van der Waals surface area contributed by atoms with Gasteiger partial charge < -0.3 is 4.74 Å². The van der Waals surface area contributed by atoms with Crippen LogP contribution in [0.1, 0.15) is 28.8 Å². The summed E-state index contributed by atoms with van der Waals surface area (Å²) in [5, 5.41) is 0. The van der Waals surface area contributed by atoms with E-state index < -0.39 is 35.4 Å². The van der Waals surface area contributed by atoms with Gasteiger partial charge in [-0.1, -0.05) is 0 Å². The molecule has 0 unspecified atom stereocenters. The maximum atomic E-state index is 12.6. The number of hydrogen-bond donors (Lipinski definition) is 0. The maximum Gasteiger partial charge on any atom is 0.451 e. The molecular formula is C9H6F6N2O2. The van der Waals surface area contributed by atoms with Crippen molar-refractivity contribution in [2.45, 2.75) is 19.3 Å². The maximum absolute atomic E-state index is 12.6. The molecular weight excluding hydrogens is 282 g/mol. The van der Waals surface area contributed by atoms with Crippen LogP contribution in [0.4, 0.5) is 26.3 Å². The molecule has 0 aliphatic carbocycles. The first-order chi connectivity index (χ1) is 8.57. The Labute approximate surface area is 102 Å².